The first-order chi connectivity index (χ1) is 53.4. The Morgan fingerprint density at radius 1 is 0.254 bits per heavy atom. The summed E-state index contributed by atoms with van der Waals surface area (Å²) in [5, 5.41) is 0. The lowest BCUT2D eigenvalue weighted by molar-refractivity contribution is -0.150. The highest BCUT2D eigenvalue weighted by Gasteiger charge is 2.33. The van der Waals surface area contributed by atoms with Crippen LogP contribution in [0.25, 0.3) is 0 Å². The molecule has 12 rings (SSSR count). The maximum absolute atomic E-state index is 12.3. The van der Waals surface area contributed by atoms with E-state index in [-0.39, 0.29) is 105 Å². The van der Waals surface area contributed by atoms with E-state index in [0.29, 0.717) is 33.8 Å². The maximum Gasteiger partial charge on any atom is 0.349 e. The molecule has 0 amide bonds. The minimum atomic E-state index is -0.641. The van der Waals surface area contributed by atoms with Gasteiger partial charge in [0.1, 0.15) is 31.3 Å². The lowest BCUT2D eigenvalue weighted by Crippen LogP contribution is -2.19. The Morgan fingerprint density at radius 3 is 0.763 bits per heavy atom. The minimum absolute atomic E-state index is 0. The van der Waals surface area contributed by atoms with Crippen LogP contribution in [0.15, 0.2) is 447 Å². The molecule has 16 heteroatoms. The number of hydrogen-bond acceptors (Lipinski definition) is 12. The van der Waals surface area contributed by atoms with Crippen molar-refractivity contribution in [2.24, 2.45) is 0 Å². The summed E-state index contributed by atoms with van der Waals surface area (Å²) in [5.41, 5.74) is 2.76. The van der Waals surface area contributed by atoms with Crippen molar-refractivity contribution in [3.63, 3.8) is 0 Å². The normalized spacial score (nSPS) is 10.1. The van der Waals surface area contributed by atoms with Gasteiger partial charge in [-0.3, -0.25) is 0 Å². The van der Waals surface area contributed by atoms with Crippen molar-refractivity contribution < 1.29 is 57.2 Å². The molecular formula is C98H96O12S4. The second-order valence-corrected chi connectivity index (χ2v) is 32.4. The average molecular weight is 1590 g/mol. The fourth-order valence-electron chi connectivity index (χ4n) is 10.2. The molecule has 0 radical (unpaired) electrons. The fourth-order valence-corrected chi connectivity index (χ4v) is 18.5. The van der Waals surface area contributed by atoms with Crippen molar-refractivity contribution >= 4 is 79.4 Å². The molecule has 0 fully saturated rings. The predicted octanol–water partition coefficient (Wildman–Crippen LogP) is 22.3. The molecular weight excluding hydrogens is 1500 g/mol. The zero-order valence-corrected chi connectivity index (χ0v) is 68.8. The molecule has 0 aromatic heterocycles. The van der Waals surface area contributed by atoms with Crippen molar-refractivity contribution in [3.05, 3.63) is 429 Å². The van der Waals surface area contributed by atoms with Crippen molar-refractivity contribution in [1.82, 2.24) is 0 Å². The lowest BCUT2D eigenvalue weighted by Gasteiger charge is -2.09. The van der Waals surface area contributed by atoms with E-state index in [1.165, 1.54) is 55.9 Å². The van der Waals surface area contributed by atoms with Crippen molar-refractivity contribution in [1.29, 1.82) is 0 Å². The largest absolute Gasteiger partial charge is 0.459 e. The van der Waals surface area contributed by atoms with E-state index in [0.717, 1.165) is 15.4 Å². The molecule has 0 atom stereocenters. The molecule has 0 N–H and O–H groups in total. The van der Waals surface area contributed by atoms with Crippen LogP contribution in [0.4, 0.5) is 0 Å². The van der Waals surface area contributed by atoms with E-state index in [9.17, 15) is 28.8 Å². The molecule has 12 aromatic rings. The molecule has 0 aliphatic rings. The number of ether oxygens (including phenoxy) is 6. The van der Waals surface area contributed by atoms with E-state index in [2.05, 4.69) is 184 Å². The van der Waals surface area contributed by atoms with Gasteiger partial charge in [0.2, 0.25) is 0 Å². The Balaban J connectivity index is 0.000000269. The smallest absolute Gasteiger partial charge is 0.349 e. The Hall–Kier alpha value is -12.2. The molecule has 12 aromatic carbocycles. The quantitative estimate of drug-likeness (QED) is 0.00962. The van der Waals surface area contributed by atoms with Gasteiger partial charge in [-0.1, -0.05) is 184 Å². The van der Waals surface area contributed by atoms with Crippen LogP contribution in [-0.2, 0) is 93.1 Å². The predicted molar refractivity (Wildman–Crippen MR) is 464 cm³/mol. The Labute approximate surface area is 685 Å². The Morgan fingerprint density at radius 2 is 0.482 bits per heavy atom. The van der Waals surface area contributed by atoms with Gasteiger partial charge in [0, 0.05) is 22.3 Å². The second kappa shape index (κ2) is 48.6. The van der Waals surface area contributed by atoms with Gasteiger partial charge in [-0.05, 0) is 215 Å². The van der Waals surface area contributed by atoms with Crippen LogP contribution in [0, 0.1) is 29.7 Å². The van der Waals surface area contributed by atoms with Crippen LogP contribution >= 0.6 is 0 Å². The third-order valence-electron chi connectivity index (χ3n) is 15.5. The second-order valence-electron chi connectivity index (χ2n) is 24.2. The van der Waals surface area contributed by atoms with Gasteiger partial charge in [0.15, 0.2) is 65.4 Å². The van der Waals surface area contributed by atoms with E-state index >= 15 is 0 Å². The molecule has 0 heterocycles. The van der Waals surface area contributed by atoms with Gasteiger partial charge in [-0.2, -0.15) is 0 Å². The molecule has 0 aliphatic carbocycles. The summed E-state index contributed by atoms with van der Waals surface area (Å²) in [6, 6.07) is 114. The third-order valence-corrected chi connectivity index (χ3v) is 24.4. The molecule has 114 heavy (non-hydrogen) atoms. The van der Waals surface area contributed by atoms with Crippen molar-refractivity contribution in [3.8, 4) is 11.5 Å². The standard InChI is InChI=1S/C25H23O4S.C24H21O4S.C23H21O2S.C22H19O2S.4CH3/c1-19(2)24(26)28-17-18-29-25(27)20-13-15-23(16-14-20)30(21-9-5-3-6-10-21)22-11-7-4-8-12-22;1-18(2)24(26)27-17-23(25)28-19-13-15-22(16-14-19)29(20-9-5-3-6-10-20)21-11-7-4-8-12-21;1-18(2)23(24)25-17-19-13-15-22(16-14-19)26(20-9-5-3-6-10-20)21-11-7-4-8-12-21;1-17(2)22(23)24-18-13-15-21(16-14-18)25(19-9-5-3-6-10-19)20-11-7-4-8-12-20;;;;/h3-16H,1,17-18H2,2H3;3-16H,1,17H2,2H3;3-16H,1,17H2,2H3;3-16H,1H2,2H3;4*1H3/q4*+1;4*-1. The summed E-state index contributed by atoms with van der Waals surface area (Å²) in [7, 11) is -0.908. The van der Waals surface area contributed by atoms with Crippen LogP contribution in [-0.4, -0.2) is 55.6 Å². The first kappa shape index (κ1) is 92.4. The van der Waals surface area contributed by atoms with Crippen LogP contribution < -0.4 is 9.47 Å². The highest BCUT2D eigenvalue weighted by atomic mass is 32.2. The summed E-state index contributed by atoms with van der Waals surface area (Å²) >= 11 is 0. The van der Waals surface area contributed by atoms with Crippen molar-refractivity contribution in [2.75, 3.05) is 19.8 Å². The van der Waals surface area contributed by atoms with Crippen LogP contribution in [0.2, 0.25) is 0 Å². The fraction of sp³-hybridized carbons (Fsp3) is 0.0816. The molecule has 0 spiro atoms. The molecule has 0 saturated carbocycles. The number of carbonyl (C=O) groups excluding carboxylic acids is 6. The summed E-state index contributed by atoms with van der Waals surface area (Å²) in [6.07, 6.45) is 0. The van der Waals surface area contributed by atoms with E-state index in [1.54, 1.807) is 45.0 Å². The summed E-state index contributed by atoms with van der Waals surface area (Å²) in [4.78, 5) is 84.5. The van der Waals surface area contributed by atoms with Crippen LogP contribution in [0.3, 0.4) is 0 Å². The topological polar surface area (TPSA) is 158 Å². The molecule has 584 valence electrons. The van der Waals surface area contributed by atoms with Gasteiger partial charge in [-0.15, -0.1) is 0 Å². The number of carbonyl (C=O) groups is 6. The zero-order valence-electron chi connectivity index (χ0n) is 65.5. The monoisotopic (exact) mass is 1590 g/mol. The number of esters is 6. The van der Waals surface area contributed by atoms with E-state index in [4.69, 9.17) is 28.4 Å². The van der Waals surface area contributed by atoms with Gasteiger partial charge in [0.05, 0.1) is 49.1 Å². The van der Waals surface area contributed by atoms with E-state index < -0.39 is 36.5 Å². The van der Waals surface area contributed by atoms with Gasteiger partial charge >= 0.3 is 35.8 Å². The first-order valence-corrected chi connectivity index (χ1v) is 39.8. The molecule has 0 unspecified atom stereocenters. The summed E-state index contributed by atoms with van der Waals surface area (Å²) < 4.78 is 30.7. The highest BCUT2D eigenvalue weighted by Crippen LogP contribution is 2.36. The minimum Gasteiger partial charge on any atom is -0.459 e. The molecule has 12 nitrogen and oxygen atoms in total. The van der Waals surface area contributed by atoms with Gasteiger partial charge in [0.25, 0.3) is 0 Å². The highest BCUT2D eigenvalue weighted by molar-refractivity contribution is 7.98. The lowest BCUT2D eigenvalue weighted by atomic mass is 10.2. The number of benzene rings is 12. The van der Waals surface area contributed by atoms with Crippen LogP contribution in [0.5, 0.6) is 11.5 Å². The first-order valence-electron chi connectivity index (χ1n) is 34.9. The Bertz CT molecular complexity index is 4830. The SMILES string of the molecule is C=C(C)C(=O)OCC(=O)Oc1ccc([S+](c2ccccc2)c2ccccc2)cc1.C=C(C)C(=O)OCCOC(=O)c1ccc([S+](c2ccccc2)c2ccccc2)cc1.C=C(C)C(=O)OCc1ccc([S+](c2ccccc2)c2ccccc2)cc1.C=C(C)C(=O)Oc1ccc([S+](c2ccccc2)c2ccccc2)cc1.[CH3-].[CH3-].[CH3-].[CH3-]. The molecule has 0 bridgehead atoms. The van der Waals surface area contributed by atoms with Crippen LogP contribution in [0.1, 0.15) is 43.6 Å². The number of hydrogen-bond donors (Lipinski definition) is 0. The average Bonchev–Trinajstić information content (AvgIpc) is 0.820. The van der Waals surface area contributed by atoms with E-state index in [1.807, 2.05) is 158 Å². The third kappa shape index (κ3) is 28.5. The summed E-state index contributed by atoms with van der Waals surface area (Å²) in [5.74, 6) is -2.04. The molecule has 0 saturated heterocycles. The van der Waals surface area contributed by atoms with Gasteiger partial charge in [-0.25, -0.2) is 28.8 Å². The van der Waals surface area contributed by atoms with Gasteiger partial charge < -0.3 is 58.1 Å². The zero-order chi connectivity index (χ0) is 78.0. The Kier molecular flexibility index (Phi) is 39.4. The summed E-state index contributed by atoms with van der Waals surface area (Å²) in [6.45, 7) is 20.3. The van der Waals surface area contributed by atoms with Crippen molar-refractivity contribution in [2.45, 2.75) is 93.0 Å². The molecule has 0 aliphatic heterocycles. The maximum atomic E-state index is 12.3. The number of rotatable bonds is 26.